The molecule has 0 amide bonds. The zero-order valence-electron chi connectivity index (χ0n) is 15.3. The fraction of sp³-hybridized carbons (Fsp3) is 0.0833. The highest BCUT2D eigenvalue weighted by Crippen LogP contribution is 2.35. The predicted octanol–water partition coefficient (Wildman–Crippen LogP) is 4.94. The van der Waals surface area contributed by atoms with Crippen LogP contribution in [0.15, 0.2) is 78.6 Å². The second-order valence-electron chi connectivity index (χ2n) is 6.58. The van der Waals surface area contributed by atoms with E-state index in [-0.39, 0.29) is 23.9 Å². The lowest BCUT2D eigenvalue weighted by Crippen LogP contribution is -2.06. The third kappa shape index (κ3) is 3.71. The number of rotatable bonds is 5. The average Bonchev–Trinajstić information content (AvgIpc) is 3.02. The summed E-state index contributed by atoms with van der Waals surface area (Å²) in [6.45, 7) is 1.44. The van der Waals surface area contributed by atoms with Gasteiger partial charge in [-0.1, -0.05) is 54.6 Å². The van der Waals surface area contributed by atoms with E-state index in [0.717, 1.165) is 16.7 Å². The number of hydrogen-bond acceptors (Lipinski definition) is 4. The predicted molar refractivity (Wildman–Crippen MR) is 107 cm³/mol. The first kappa shape index (κ1) is 17.7. The van der Waals surface area contributed by atoms with Crippen molar-refractivity contribution >= 4 is 17.6 Å². The average molecular weight is 370 g/mol. The zero-order valence-corrected chi connectivity index (χ0v) is 15.3. The van der Waals surface area contributed by atoms with Crippen LogP contribution in [0.3, 0.4) is 0 Å². The van der Waals surface area contributed by atoms with Gasteiger partial charge in [0, 0.05) is 6.07 Å². The molecule has 0 bridgehead atoms. The van der Waals surface area contributed by atoms with E-state index in [2.05, 4.69) is 12.1 Å². The van der Waals surface area contributed by atoms with Crippen molar-refractivity contribution in [2.75, 3.05) is 6.61 Å². The Kier molecular flexibility index (Phi) is 4.77. The fourth-order valence-electron chi connectivity index (χ4n) is 3.00. The monoisotopic (exact) mass is 370 g/mol. The van der Waals surface area contributed by atoms with E-state index >= 15 is 0 Å². The minimum absolute atomic E-state index is 0.0107. The Morgan fingerprint density at radius 3 is 2.39 bits per heavy atom. The Morgan fingerprint density at radius 2 is 1.68 bits per heavy atom. The molecule has 0 saturated carbocycles. The molecule has 1 aliphatic heterocycles. The Labute approximate surface area is 163 Å². The lowest BCUT2D eigenvalue weighted by Gasteiger charge is -2.05. The summed E-state index contributed by atoms with van der Waals surface area (Å²) < 4.78 is 11.1. The summed E-state index contributed by atoms with van der Waals surface area (Å²) >= 11 is 0. The quantitative estimate of drug-likeness (QED) is 0.597. The number of ether oxygens (including phenoxy) is 2. The number of benzene rings is 3. The molecular weight excluding hydrogens is 352 g/mol. The maximum Gasteiger partial charge on any atom is 0.231 e. The van der Waals surface area contributed by atoms with Gasteiger partial charge in [0.05, 0.1) is 5.56 Å². The van der Waals surface area contributed by atoms with Crippen LogP contribution in [0.25, 0.3) is 17.2 Å². The molecule has 4 nitrogen and oxygen atoms in total. The molecule has 0 unspecified atom stereocenters. The largest absolute Gasteiger partial charge is 0.486 e. The molecule has 1 aliphatic rings. The molecule has 3 aromatic carbocycles. The molecule has 0 saturated heterocycles. The normalized spacial score (nSPS) is 13.9. The van der Waals surface area contributed by atoms with Crippen LogP contribution in [-0.2, 0) is 4.79 Å². The van der Waals surface area contributed by atoms with Gasteiger partial charge in [-0.3, -0.25) is 9.59 Å². The van der Waals surface area contributed by atoms with Crippen LogP contribution < -0.4 is 9.47 Å². The van der Waals surface area contributed by atoms with Crippen molar-refractivity contribution in [3.63, 3.8) is 0 Å². The zero-order chi connectivity index (χ0) is 19.5. The molecule has 0 aliphatic carbocycles. The van der Waals surface area contributed by atoms with Gasteiger partial charge in [-0.05, 0) is 41.8 Å². The summed E-state index contributed by atoms with van der Waals surface area (Å²) in [6, 6.07) is 23.0. The lowest BCUT2D eigenvalue weighted by atomic mass is 10.0. The number of carbonyl (C=O) groups is 2. The SMILES string of the molecule is CC(=O)COc1ccc2c(c1)O/C(=C\c1ccc(-c3ccccc3)cc1)C2=O. The maximum absolute atomic E-state index is 12.6. The Hall–Kier alpha value is -3.66. The van der Waals surface area contributed by atoms with Crippen molar-refractivity contribution in [2.24, 2.45) is 0 Å². The van der Waals surface area contributed by atoms with Crippen LogP contribution >= 0.6 is 0 Å². The van der Waals surface area contributed by atoms with Crippen molar-refractivity contribution in [3.8, 4) is 22.6 Å². The molecule has 0 spiro atoms. The number of hydrogen-bond donors (Lipinski definition) is 0. The molecule has 0 atom stereocenters. The number of fused-ring (bicyclic) bond motifs is 1. The molecule has 3 aromatic rings. The van der Waals surface area contributed by atoms with Crippen LogP contribution in [0, 0.1) is 0 Å². The van der Waals surface area contributed by atoms with E-state index in [1.807, 2.05) is 42.5 Å². The summed E-state index contributed by atoms with van der Waals surface area (Å²) in [5, 5.41) is 0. The summed E-state index contributed by atoms with van der Waals surface area (Å²) in [4.78, 5) is 23.6. The van der Waals surface area contributed by atoms with Crippen molar-refractivity contribution in [1.82, 2.24) is 0 Å². The third-order valence-electron chi connectivity index (χ3n) is 4.40. The van der Waals surface area contributed by atoms with Crippen LogP contribution in [0.5, 0.6) is 11.5 Å². The highest BCUT2D eigenvalue weighted by atomic mass is 16.5. The minimum atomic E-state index is -0.166. The minimum Gasteiger partial charge on any atom is -0.486 e. The fourth-order valence-corrected chi connectivity index (χ4v) is 3.00. The molecule has 1 heterocycles. The molecule has 0 N–H and O–H groups in total. The van der Waals surface area contributed by atoms with Gasteiger partial charge < -0.3 is 9.47 Å². The lowest BCUT2D eigenvalue weighted by molar-refractivity contribution is -0.118. The maximum atomic E-state index is 12.6. The van der Waals surface area contributed by atoms with E-state index in [1.165, 1.54) is 6.92 Å². The summed E-state index contributed by atoms with van der Waals surface area (Å²) in [6.07, 6.45) is 1.73. The number of Topliss-reactive ketones (excluding diaryl/α,β-unsaturated/α-hetero) is 2. The van der Waals surface area contributed by atoms with Gasteiger partial charge in [0.25, 0.3) is 0 Å². The first-order chi connectivity index (χ1) is 13.6. The second kappa shape index (κ2) is 7.53. The van der Waals surface area contributed by atoms with E-state index in [1.54, 1.807) is 24.3 Å². The number of allylic oxidation sites excluding steroid dienone is 1. The van der Waals surface area contributed by atoms with Gasteiger partial charge in [-0.2, -0.15) is 0 Å². The van der Waals surface area contributed by atoms with Crippen LogP contribution in [0.1, 0.15) is 22.8 Å². The van der Waals surface area contributed by atoms with Crippen LogP contribution in [0.4, 0.5) is 0 Å². The molecule has 0 aromatic heterocycles. The van der Waals surface area contributed by atoms with Crippen LogP contribution in [0.2, 0.25) is 0 Å². The summed E-state index contributed by atoms with van der Waals surface area (Å²) in [7, 11) is 0. The highest BCUT2D eigenvalue weighted by molar-refractivity contribution is 6.14. The summed E-state index contributed by atoms with van der Waals surface area (Å²) in [5.74, 6) is 0.969. The molecule has 4 heteroatoms. The standard InChI is InChI=1S/C24H18O4/c1-16(25)15-27-20-11-12-21-22(14-20)28-23(24(21)26)13-17-7-9-19(10-8-17)18-5-3-2-4-6-18/h2-14H,15H2,1H3/b23-13-. The molecule has 138 valence electrons. The first-order valence-electron chi connectivity index (χ1n) is 8.96. The topological polar surface area (TPSA) is 52.6 Å². The van der Waals surface area contributed by atoms with Gasteiger partial charge in [-0.25, -0.2) is 0 Å². The Morgan fingerprint density at radius 1 is 0.964 bits per heavy atom. The number of carbonyl (C=O) groups excluding carboxylic acids is 2. The van der Waals surface area contributed by atoms with E-state index in [0.29, 0.717) is 17.1 Å². The van der Waals surface area contributed by atoms with Crippen molar-refractivity contribution in [2.45, 2.75) is 6.92 Å². The van der Waals surface area contributed by atoms with E-state index in [4.69, 9.17) is 9.47 Å². The highest BCUT2D eigenvalue weighted by Gasteiger charge is 2.27. The van der Waals surface area contributed by atoms with Crippen molar-refractivity contribution in [3.05, 3.63) is 89.7 Å². The first-order valence-corrected chi connectivity index (χ1v) is 8.96. The second-order valence-corrected chi connectivity index (χ2v) is 6.58. The Bertz CT molecular complexity index is 1060. The third-order valence-corrected chi connectivity index (χ3v) is 4.40. The van der Waals surface area contributed by atoms with Crippen LogP contribution in [-0.4, -0.2) is 18.2 Å². The molecule has 28 heavy (non-hydrogen) atoms. The Balaban J connectivity index is 1.53. The molecule has 4 rings (SSSR count). The molecule has 0 fully saturated rings. The number of ketones is 2. The van der Waals surface area contributed by atoms with Gasteiger partial charge in [0.15, 0.2) is 11.5 Å². The van der Waals surface area contributed by atoms with E-state index < -0.39 is 0 Å². The van der Waals surface area contributed by atoms with E-state index in [9.17, 15) is 9.59 Å². The van der Waals surface area contributed by atoms with Crippen molar-refractivity contribution in [1.29, 1.82) is 0 Å². The van der Waals surface area contributed by atoms with Gasteiger partial charge in [0.2, 0.25) is 5.78 Å². The van der Waals surface area contributed by atoms with Gasteiger partial charge >= 0.3 is 0 Å². The molecule has 0 radical (unpaired) electrons. The van der Waals surface area contributed by atoms with Gasteiger partial charge in [-0.15, -0.1) is 0 Å². The van der Waals surface area contributed by atoms with Crippen molar-refractivity contribution < 1.29 is 19.1 Å². The summed E-state index contributed by atoms with van der Waals surface area (Å²) in [5.41, 5.74) is 3.61. The smallest absolute Gasteiger partial charge is 0.231 e. The molecular formula is C24H18O4. The van der Waals surface area contributed by atoms with Gasteiger partial charge in [0.1, 0.15) is 18.1 Å².